The van der Waals surface area contributed by atoms with E-state index in [-0.39, 0.29) is 17.9 Å². The predicted octanol–water partition coefficient (Wildman–Crippen LogP) is 3.49. The predicted molar refractivity (Wildman–Crippen MR) is 185 cm³/mol. The number of aryl methyl sites for hydroxylation is 2. The van der Waals surface area contributed by atoms with Crippen molar-refractivity contribution in [2.45, 2.75) is 77.8 Å². The highest BCUT2D eigenvalue weighted by Crippen LogP contribution is 2.52. The van der Waals surface area contributed by atoms with Crippen molar-refractivity contribution in [2.75, 3.05) is 34.2 Å². The molecule has 2 aromatic carbocycles. The fourth-order valence-electron chi connectivity index (χ4n) is 6.71. The molecule has 2 heterocycles. The third kappa shape index (κ3) is 8.08. The van der Waals surface area contributed by atoms with Gasteiger partial charge in [-0.2, -0.15) is 10.5 Å². The molecule has 0 bridgehead atoms. The molecule has 1 saturated carbocycles. The molecule has 6 rings (SSSR count). The molecule has 5 atom stereocenters. The van der Waals surface area contributed by atoms with Gasteiger partial charge in [0.1, 0.15) is 6.04 Å². The van der Waals surface area contributed by atoms with Crippen LogP contribution in [0, 0.1) is 23.2 Å². The zero-order valence-corrected chi connectivity index (χ0v) is 29.6. The molecule has 3 aliphatic rings. The highest BCUT2D eigenvalue weighted by Gasteiger charge is 2.58. The topological polar surface area (TPSA) is 160 Å². The largest absolute Gasteiger partial charge is 0.355 e. The van der Waals surface area contributed by atoms with E-state index in [9.17, 15) is 14.4 Å². The van der Waals surface area contributed by atoms with Gasteiger partial charge in [-0.25, -0.2) is 0 Å². The molecule has 1 aromatic heterocycles. The van der Waals surface area contributed by atoms with E-state index in [1.807, 2.05) is 26.0 Å². The van der Waals surface area contributed by atoms with Crippen molar-refractivity contribution >= 4 is 18.2 Å². The molecule has 2 fully saturated rings. The van der Waals surface area contributed by atoms with Gasteiger partial charge in [-0.3, -0.25) is 14.4 Å². The van der Waals surface area contributed by atoms with Gasteiger partial charge in [0, 0.05) is 39.7 Å². The van der Waals surface area contributed by atoms with Crippen LogP contribution in [-0.2, 0) is 27.8 Å². The van der Waals surface area contributed by atoms with Crippen molar-refractivity contribution < 1.29 is 14.4 Å². The summed E-state index contributed by atoms with van der Waals surface area (Å²) in [5, 5.41) is 30.2. The zero-order valence-electron chi connectivity index (χ0n) is 29.6. The SMILES string of the molecule is CC.CC(=O)N(C)C.CC1C2CC(C#N)N(C=O)C12.CCNCCC1(c2nn[nH]n2)c2ccccc2CCc2cc(C(=O)NC)ccc21. The summed E-state index contributed by atoms with van der Waals surface area (Å²) in [6.07, 6.45) is 4.27. The summed E-state index contributed by atoms with van der Waals surface area (Å²) >= 11 is 0. The number of nitrogens with zero attached hydrogens (tertiary/aromatic N) is 6. The van der Waals surface area contributed by atoms with Crippen LogP contribution in [-0.4, -0.2) is 95.0 Å². The number of hydrogen-bond donors (Lipinski definition) is 3. The molecule has 5 unspecified atom stereocenters. The van der Waals surface area contributed by atoms with Crippen molar-refractivity contribution in [2.24, 2.45) is 11.8 Å². The number of nitrogens with one attached hydrogen (secondary N) is 3. The number of benzene rings is 2. The smallest absolute Gasteiger partial charge is 0.251 e. The molecule has 48 heavy (non-hydrogen) atoms. The van der Waals surface area contributed by atoms with Crippen molar-refractivity contribution in [3.63, 3.8) is 0 Å². The summed E-state index contributed by atoms with van der Waals surface area (Å²) in [6.45, 7) is 11.5. The second-order valence-electron chi connectivity index (χ2n) is 12.2. The first-order valence-electron chi connectivity index (χ1n) is 16.8. The Balaban J connectivity index is 0.000000269. The fourth-order valence-corrected chi connectivity index (χ4v) is 6.71. The van der Waals surface area contributed by atoms with Gasteiger partial charge in [0.15, 0.2) is 5.82 Å². The van der Waals surface area contributed by atoms with Crippen LogP contribution in [0.15, 0.2) is 42.5 Å². The molecule has 258 valence electrons. The molecule has 3 amide bonds. The van der Waals surface area contributed by atoms with Gasteiger partial charge in [-0.1, -0.05) is 63.2 Å². The van der Waals surface area contributed by atoms with Crippen molar-refractivity contribution in [1.82, 2.24) is 41.1 Å². The van der Waals surface area contributed by atoms with Crippen molar-refractivity contribution in [3.05, 3.63) is 76.1 Å². The second kappa shape index (κ2) is 17.5. The lowest BCUT2D eigenvalue weighted by Crippen LogP contribution is -2.36. The summed E-state index contributed by atoms with van der Waals surface area (Å²) in [5.74, 6) is 1.93. The van der Waals surface area contributed by atoms with Crippen LogP contribution in [0.25, 0.3) is 0 Å². The average molecular weight is 658 g/mol. The summed E-state index contributed by atoms with van der Waals surface area (Å²) in [7, 11) is 5.11. The Morgan fingerprint density at radius 3 is 2.40 bits per heavy atom. The number of aromatic nitrogens is 4. The summed E-state index contributed by atoms with van der Waals surface area (Å²) in [5.41, 5.74) is 4.94. The lowest BCUT2D eigenvalue weighted by atomic mass is 9.69. The van der Waals surface area contributed by atoms with E-state index in [1.165, 1.54) is 23.0 Å². The molecule has 1 saturated heterocycles. The van der Waals surface area contributed by atoms with E-state index in [0.29, 0.717) is 29.3 Å². The van der Waals surface area contributed by atoms with Crippen LogP contribution in [0.3, 0.4) is 0 Å². The van der Waals surface area contributed by atoms with E-state index in [2.05, 4.69) is 81.5 Å². The number of nitriles is 1. The molecule has 1 aliphatic heterocycles. The fraction of sp³-hybridized carbons (Fsp3) is 0.528. The van der Waals surface area contributed by atoms with E-state index < -0.39 is 5.41 Å². The molecule has 2 aliphatic carbocycles. The summed E-state index contributed by atoms with van der Waals surface area (Å²) in [6, 6.07) is 16.9. The monoisotopic (exact) mass is 657 g/mol. The molecule has 0 radical (unpaired) electrons. The van der Waals surface area contributed by atoms with Crippen molar-refractivity contribution in [3.8, 4) is 6.07 Å². The van der Waals surface area contributed by atoms with Gasteiger partial charge in [0.2, 0.25) is 12.3 Å². The second-order valence-corrected chi connectivity index (χ2v) is 12.2. The van der Waals surface area contributed by atoms with E-state index in [4.69, 9.17) is 5.26 Å². The zero-order chi connectivity index (χ0) is 35.4. The van der Waals surface area contributed by atoms with E-state index >= 15 is 0 Å². The third-order valence-electron chi connectivity index (χ3n) is 9.46. The van der Waals surface area contributed by atoms with Crippen LogP contribution >= 0.6 is 0 Å². The Bertz CT molecular complexity index is 1550. The molecule has 3 aromatic rings. The average Bonchev–Trinajstić information content (AvgIpc) is 3.44. The summed E-state index contributed by atoms with van der Waals surface area (Å²) in [4.78, 5) is 36.1. The number of aromatic amines is 1. The van der Waals surface area contributed by atoms with Crippen LogP contribution < -0.4 is 10.6 Å². The Morgan fingerprint density at radius 2 is 1.81 bits per heavy atom. The van der Waals surface area contributed by atoms with Crippen molar-refractivity contribution in [1.29, 1.82) is 5.26 Å². The van der Waals surface area contributed by atoms with Gasteiger partial charge < -0.3 is 20.4 Å². The number of amides is 3. The van der Waals surface area contributed by atoms with Gasteiger partial charge in [0.25, 0.3) is 5.91 Å². The lowest BCUT2D eigenvalue weighted by molar-refractivity contribution is -0.126. The molecular formula is C36H51N9O3. The van der Waals surface area contributed by atoms with Crippen LogP contribution in [0.1, 0.15) is 85.9 Å². The highest BCUT2D eigenvalue weighted by molar-refractivity contribution is 5.94. The number of carbonyl (C=O) groups excluding carboxylic acids is 3. The lowest BCUT2D eigenvalue weighted by Gasteiger charge is -2.34. The quantitative estimate of drug-likeness (QED) is 0.257. The van der Waals surface area contributed by atoms with E-state index in [1.54, 1.807) is 26.0 Å². The number of H-pyrrole nitrogens is 1. The Morgan fingerprint density at radius 1 is 1.15 bits per heavy atom. The van der Waals surface area contributed by atoms with Gasteiger partial charge in [0.05, 0.1) is 11.5 Å². The summed E-state index contributed by atoms with van der Waals surface area (Å²) < 4.78 is 0. The Kier molecular flexibility index (Phi) is 13.8. The van der Waals surface area contributed by atoms with Gasteiger partial charge in [-0.15, -0.1) is 10.2 Å². The minimum absolute atomic E-state index is 0.0765. The normalized spacial score (nSPS) is 22.5. The number of hydrogen-bond acceptors (Lipinski definition) is 8. The first-order chi connectivity index (χ1) is 23.1. The minimum Gasteiger partial charge on any atom is -0.355 e. The first kappa shape index (κ1) is 37.8. The molecule has 3 N–H and O–H groups in total. The van der Waals surface area contributed by atoms with E-state index in [0.717, 1.165) is 56.3 Å². The highest BCUT2D eigenvalue weighted by atomic mass is 16.2. The molecule has 12 nitrogen and oxygen atoms in total. The maximum absolute atomic E-state index is 12.2. The standard InChI is InChI=1S/C22H26N6O.C8H10N2O.C4H9NO.C2H6/c1-3-24-13-12-22(21-25-27-28-26-21)18-7-5-4-6-15(18)8-9-16-14-17(20(29)23-2)10-11-19(16)22;1-5-7-2-6(3-9)10(4-11)8(5)7;1-4(6)5(2)3;1-2/h4-7,10-11,14,24H,3,8-9,12-13H2,1-2H3,(H,23,29)(H,25,26,27,28);4-8H,2H2,1H3;1-3H3;1-2H3. The number of fused-ring (bicyclic) bond motifs is 3. The Labute approximate surface area is 284 Å². The van der Waals surface area contributed by atoms with Crippen LogP contribution in [0.5, 0.6) is 0 Å². The number of rotatable bonds is 7. The minimum atomic E-state index is -0.529. The number of likely N-dealkylation sites (tertiary alicyclic amines) is 1. The van der Waals surface area contributed by atoms with Crippen LogP contribution in [0.2, 0.25) is 0 Å². The Hall–Kier alpha value is -4.63. The number of tetrazole rings is 1. The number of piperidine rings is 1. The third-order valence-corrected chi connectivity index (χ3v) is 9.46. The first-order valence-corrected chi connectivity index (χ1v) is 16.8. The maximum Gasteiger partial charge on any atom is 0.251 e. The van der Waals surface area contributed by atoms with Gasteiger partial charge >= 0.3 is 0 Å². The maximum atomic E-state index is 12.2. The molecule has 0 spiro atoms. The van der Waals surface area contributed by atoms with Gasteiger partial charge in [-0.05, 0) is 85.0 Å². The van der Waals surface area contributed by atoms with Crippen LogP contribution in [0.4, 0.5) is 0 Å². The molecule has 12 heteroatoms. The number of carbonyl (C=O) groups is 3. The molecular weight excluding hydrogens is 606 g/mol.